The highest BCUT2D eigenvalue weighted by molar-refractivity contribution is 9.10. The van der Waals surface area contributed by atoms with Gasteiger partial charge in [-0.25, -0.2) is 23.1 Å². The maximum absolute atomic E-state index is 11.3. The van der Waals surface area contributed by atoms with E-state index in [1.54, 1.807) is 0 Å². The molecule has 0 amide bonds. The number of fused-ring (bicyclic) bond motifs is 1. The van der Waals surface area contributed by atoms with Crippen molar-refractivity contribution in [3.63, 3.8) is 0 Å². The van der Waals surface area contributed by atoms with Gasteiger partial charge >= 0.3 is 0 Å². The summed E-state index contributed by atoms with van der Waals surface area (Å²) >= 11 is 4.29. The summed E-state index contributed by atoms with van der Waals surface area (Å²) < 4.78 is 24.5. The minimum atomic E-state index is -3.82. The molecule has 1 aromatic carbocycles. The van der Waals surface area contributed by atoms with Crippen LogP contribution in [-0.2, 0) is 10.0 Å². The predicted molar refractivity (Wildman–Crippen MR) is 85.7 cm³/mol. The molecule has 6 nitrogen and oxygen atoms in total. The van der Waals surface area contributed by atoms with E-state index in [-0.39, 0.29) is 21.3 Å². The molecule has 0 saturated heterocycles. The topological polar surface area (TPSA) is 90.4 Å². The van der Waals surface area contributed by atoms with Gasteiger partial charge in [-0.2, -0.15) is 0 Å². The first-order chi connectivity index (χ1) is 8.97. The molecule has 20 heavy (non-hydrogen) atoms. The molecule has 0 spiro atoms. The van der Waals surface area contributed by atoms with Gasteiger partial charge in [0.2, 0.25) is 9.30 Å². The van der Waals surface area contributed by atoms with Crippen LogP contribution in [-0.4, -0.2) is 23.0 Å². The standard InChI is InChI=1S/C10H7BrN4O2S2.BrH/c11-8-7(6-4-2-1-3-5-6)15-9(13-8)18-10(14-15)19(12,16)17;/h1-5H,(H2,12,16,17);1H. The third kappa shape index (κ3) is 2.66. The maximum atomic E-state index is 11.3. The largest absolute Gasteiger partial charge is 0.267 e. The van der Waals surface area contributed by atoms with Gasteiger partial charge in [-0.05, 0) is 15.9 Å². The van der Waals surface area contributed by atoms with Crippen molar-refractivity contribution in [2.45, 2.75) is 4.34 Å². The number of rotatable bonds is 2. The van der Waals surface area contributed by atoms with Gasteiger partial charge < -0.3 is 0 Å². The number of primary sulfonamides is 1. The number of halogens is 2. The van der Waals surface area contributed by atoms with Crippen molar-refractivity contribution < 1.29 is 8.42 Å². The van der Waals surface area contributed by atoms with Gasteiger partial charge in [-0.15, -0.1) is 22.1 Å². The van der Waals surface area contributed by atoms with Crippen LogP contribution in [0, 0.1) is 0 Å². The molecule has 0 aliphatic rings. The van der Waals surface area contributed by atoms with Crippen molar-refractivity contribution in [2.75, 3.05) is 0 Å². The molecule has 106 valence electrons. The molecule has 0 atom stereocenters. The number of sulfonamides is 1. The van der Waals surface area contributed by atoms with Gasteiger partial charge in [0.1, 0.15) is 10.3 Å². The summed E-state index contributed by atoms with van der Waals surface area (Å²) in [6, 6.07) is 9.45. The van der Waals surface area contributed by atoms with Crippen LogP contribution in [0.5, 0.6) is 0 Å². The van der Waals surface area contributed by atoms with Gasteiger partial charge in [0.15, 0.2) is 0 Å². The first-order valence-corrected chi connectivity index (χ1v) is 8.25. The molecule has 2 heterocycles. The summed E-state index contributed by atoms with van der Waals surface area (Å²) in [6.07, 6.45) is 0. The Morgan fingerprint density at radius 2 is 1.90 bits per heavy atom. The molecule has 3 aromatic rings. The van der Waals surface area contributed by atoms with Crippen molar-refractivity contribution in [3.8, 4) is 11.3 Å². The lowest BCUT2D eigenvalue weighted by atomic mass is 10.2. The van der Waals surface area contributed by atoms with Crippen LogP contribution < -0.4 is 5.14 Å². The SMILES string of the molecule is Br.NS(=O)(=O)c1nn2c(-c3ccccc3)c(Br)nc2s1. The van der Waals surface area contributed by atoms with Gasteiger partial charge in [0, 0.05) is 5.56 Å². The van der Waals surface area contributed by atoms with E-state index in [2.05, 4.69) is 26.0 Å². The summed E-state index contributed by atoms with van der Waals surface area (Å²) in [5, 5.41) is 9.08. The van der Waals surface area contributed by atoms with E-state index in [0.29, 0.717) is 15.3 Å². The van der Waals surface area contributed by atoms with Crippen molar-refractivity contribution in [3.05, 3.63) is 34.9 Å². The van der Waals surface area contributed by atoms with E-state index in [0.717, 1.165) is 16.9 Å². The third-order valence-electron chi connectivity index (χ3n) is 2.43. The lowest BCUT2D eigenvalue weighted by Gasteiger charge is -1.98. The van der Waals surface area contributed by atoms with Gasteiger partial charge in [0.05, 0.1) is 0 Å². The molecule has 0 fully saturated rings. The van der Waals surface area contributed by atoms with E-state index >= 15 is 0 Å². The van der Waals surface area contributed by atoms with Crippen LogP contribution in [0.25, 0.3) is 16.2 Å². The number of nitrogens with two attached hydrogens (primary N) is 1. The lowest BCUT2D eigenvalue weighted by molar-refractivity contribution is 0.595. The molecular weight excluding hydrogens is 432 g/mol. The van der Waals surface area contributed by atoms with Crippen molar-refractivity contribution in [2.24, 2.45) is 5.14 Å². The molecule has 0 unspecified atom stereocenters. The Kier molecular flexibility index (Phi) is 4.30. The van der Waals surface area contributed by atoms with Gasteiger partial charge in [0.25, 0.3) is 10.0 Å². The third-order valence-corrected chi connectivity index (χ3v) is 5.20. The van der Waals surface area contributed by atoms with Gasteiger partial charge in [-0.1, -0.05) is 41.7 Å². The van der Waals surface area contributed by atoms with Crippen LogP contribution in [0.15, 0.2) is 39.3 Å². The van der Waals surface area contributed by atoms with E-state index in [1.807, 2.05) is 30.3 Å². The highest BCUT2D eigenvalue weighted by Crippen LogP contribution is 2.31. The fraction of sp³-hybridized carbons (Fsp3) is 0. The van der Waals surface area contributed by atoms with Crippen LogP contribution >= 0.6 is 44.2 Å². The fourth-order valence-electron chi connectivity index (χ4n) is 1.66. The fourth-order valence-corrected chi connectivity index (χ4v) is 3.86. The number of hydrogen-bond donors (Lipinski definition) is 1. The van der Waals surface area contributed by atoms with E-state index < -0.39 is 10.0 Å². The van der Waals surface area contributed by atoms with Crippen molar-refractivity contribution in [1.29, 1.82) is 0 Å². The van der Waals surface area contributed by atoms with Crippen LogP contribution in [0.2, 0.25) is 0 Å². The number of benzene rings is 1. The normalized spacial score (nSPS) is 11.5. The smallest absolute Gasteiger partial charge is 0.223 e. The Bertz CT molecular complexity index is 858. The minimum Gasteiger partial charge on any atom is -0.223 e. The summed E-state index contributed by atoms with van der Waals surface area (Å²) in [7, 11) is -3.82. The van der Waals surface area contributed by atoms with Crippen molar-refractivity contribution in [1.82, 2.24) is 14.6 Å². The highest BCUT2D eigenvalue weighted by atomic mass is 79.9. The second-order valence-electron chi connectivity index (χ2n) is 3.72. The molecule has 0 bridgehead atoms. The maximum Gasteiger partial charge on any atom is 0.267 e. The summed E-state index contributed by atoms with van der Waals surface area (Å²) in [5.41, 5.74) is 1.58. The summed E-state index contributed by atoms with van der Waals surface area (Å²) in [4.78, 5) is 4.71. The zero-order valence-electron chi connectivity index (χ0n) is 9.72. The molecular formula is C10H8Br2N4O2S2. The molecule has 3 rings (SSSR count). The van der Waals surface area contributed by atoms with E-state index in [9.17, 15) is 8.42 Å². The Morgan fingerprint density at radius 1 is 1.25 bits per heavy atom. The predicted octanol–water partition coefficient (Wildman–Crippen LogP) is 2.45. The van der Waals surface area contributed by atoms with E-state index in [1.165, 1.54) is 4.52 Å². The van der Waals surface area contributed by atoms with Crippen LogP contribution in [0.3, 0.4) is 0 Å². The Hall–Kier alpha value is -0.810. The first-order valence-electron chi connectivity index (χ1n) is 5.10. The number of nitrogens with zero attached hydrogens (tertiary/aromatic N) is 3. The van der Waals surface area contributed by atoms with Crippen molar-refractivity contribution >= 4 is 59.2 Å². The average molecular weight is 440 g/mol. The van der Waals surface area contributed by atoms with Gasteiger partial charge in [-0.3, -0.25) is 0 Å². The second kappa shape index (κ2) is 5.53. The molecule has 0 aliphatic carbocycles. The minimum absolute atomic E-state index is 0. The Labute approximate surface area is 137 Å². The average Bonchev–Trinajstić information content (AvgIpc) is 2.86. The highest BCUT2D eigenvalue weighted by Gasteiger charge is 2.20. The number of imidazole rings is 1. The zero-order valence-corrected chi connectivity index (χ0v) is 14.7. The molecule has 2 aromatic heterocycles. The quantitative estimate of drug-likeness (QED) is 0.663. The Morgan fingerprint density at radius 3 is 2.50 bits per heavy atom. The molecule has 0 aliphatic heterocycles. The van der Waals surface area contributed by atoms with E-state index in [4.69, 9.17) is 5.14 Å². The Balaban J connectivity index is 0.00000147. The molecule has 10 heteroatoms. The summed E-state index contributed by atoms with van der Waals surface area (Å²) in [5.74, 6) is 0. The lowest BCUT2D eigenvalue weighted by Crippen LogP contribution is -2.12. The molecule has 0 saturated carbocycles. The van der Waals surface area contributed by atoms with Crippen LogP contribution in [0.1, 0.15) is 0 Å². The number of aromatic nitrogens is 3. The second-order valence-corrected chi connectivity index (χ2v) is 7.17. The monoisotopic (exact) mass is 438 g/mol. The van der Waals surface area contributed by atoms with Crippen LogP contribution in [0.4, 0.5) is 0 Å². The zero-order chi connectivity index (χ0) is 13.6. The first kappa shape index (κ1) is 15.6. The number of hydrogen-bond acceptors (Lipinski definition) is 5. The molecule has 2 N–H and O–H groups in total. The summed E-state index contributed by atoms with van der Waals surface area (Å²) in [6.45, 7) is 0. The molecule has 0 radical (unpaired) electrons.